The van der Waals surface area contributed by atoms with Gasteiger partial charge in [-0.05, 0) is 55.9 Å². The molecule has 2 aliphatic rings. The second-order valence-electron chi connectivity index (χ2n) is 10.4. The summed E-state index contributed by atoms with van der Waals surface area (Å²) < 4.78 is 11.6. The van der Waals surface area contributed by atoms with Crippen molar-refractivity contribution < 1.29 is 24.2 Å². The van der Waals surface area contributed by atoms with E-state index in [-0.39, 0.29) is 22.9 Å². The van der Waals surface area contributed by atoms with Crippen LogP contribution in [0.3, 0.4) is 0 Å². The topological polar surface area (TPSA) is 76.1 Å². The number of carbonyl (C=O) groups is 2. The van der Waals surface area contributed by atoms with E-state index in [1.54, 1.807) is 11.0 Å². The summed E-state index contributed by atoms with van der Waals surface area (Å²) in [6.45, 7) is 11.6. The van der Waals surface area contributed by atoms with Gasteiger partial charge in [-0.1, -0.05) is 50.6 Å². The number of aliphatic hydroxyl groups excluding tert-OH is 1. The van der Waals surface area contributed by atoms with E-state index in [4.69, 9.17) is 9.47 Å². The van der Waals surface area contributed by atoms with Gasteiger partial charge < -0.3 is 19.5 Å². The maximum atomic E-state index is 13.3. The highest BCUT2D eigenvalue weighted by Crippen LogP contribution is 2.41. The first-order valence-electron chi connectivity index (χ1n) is 12.4. The summed E-state index contributed by atoms with van der Waals surface area (Å²) in [5.41, 5.74) is 3.09. The summed E-state index contributed by atoms with van der Waals surface area (Å²) in [6.07, 6.45) is 1.67. The molecule has 0 aliphatic carbocycles. The van der Waals surface area contributed by atoms with Gasteiger partial charge in [0, 0.05) is 24.3 Å². The zero-order chi connectivity index (χ0) is 25.3. The minimum absolute atomic E-state index is 0.112. The van der Waals surface area contributed by atoms with E-state index in [1.165, 1.54) is 0 Å². The molecule has 35 heavy (non-hydrogen) atoms. The predicted molar refractivity (Wildman–Crippen MR) is 135 cm³/mol. The number of rotatable bonds is 6. The quantitative estimate of drug-likeness (QED) is 0.347. The van der Waals surface area contributed by atoms with Crippen molar-refractivity contribution in [2.45, 2.75) is 65.0 Å². The second-order valence-corrected chi connectivity index (χ2v) is 10.4. The normalized spacial score (nSPS) is 22.1. The molecule has 0 bridgehead atoms. The lowest BCUT2D eigenvalue weighted by molar-refractivity contribution is -0.140. The van der Waals surface area contributed by atoms with Crippen LogP contribution in [0, 0.1) is 6.92 Å². The van der Waals surface area contributed by atoms with Gasteiger partial charge in [0.15, 0.2) is 0 Å². The van der Waals surface area contributed by atoms with Crippen molar-refractivity contribution in [3.63, 3.8) is 0 Å². The molecule has 2 aromatic rings. The first kappa shape index (κ1) is 25.0. The molecule has 2 aromatic carbocycles. The van der Waals surface area contributed by atoms with Crippen LogP contribution in [-0.2, 0) is 19.7 Å². The van der Waals surface area contributed by atoms with Crippen LogP contribution >= 0.6 is 0 Å². The molecule has 0 radical (unpaired) electrons. The van der Waals surface area contributed by atoms with Crippen LogP contribution in [0.15, 0.2) is 48.0 Å². The Morgan fingerprint density at radius 3 is 2.57 bits per heavy atom. The number of aryl methyl sites for hydroxylation is 1. The highest BCUT2D eigenvalue weighted by molar-refractivity contribution is 6.46. The molecule has 0 saturated carbocycles. The summed E-state index contributed by atoms with van der Waals surface area (Å²) >= 11 is 0. The number of ether oxygens (including phenoxy) is 2. The van der Waals surface area contributed by atoms with Crippen LogP contribution in [0.25, 0.3) is 5.76 Å². The summed E-state index contributed by atoms with van der Waals surface area (Å²) in [4.78, 5) is 28.1. The average Bonchev–Trinajstić information content (AvgIpc) is 3.41. The van der Waals surface area contributed by atoms with Crippen LogP contribution in [0.1, 0.15) is 68.8 Å². The van der Waals surface area contributed by atoms with Gasteiger partial charge in [0.05, 0.1) is 24.3 Å². The number of benzene rings is 2. The van der Waals surface area contributed by atoms with Crippen molar-refractivity contribution in [2.75, 3.05) is 19.8 Å². The third kappa shape index (κ3) is 4.98. The van der Waals surface area contributed by atoms with Gasteiger partial charge in [-0.15, -0.1) is 0 Å². The maximum Gasteiger partial charge on any atom is 0.295 e. The number of amides is 1. The van der Waals surface area contributed by atoms with Gasteiger partial charge >= 0.3 is 0 Å². The first-order valence-corrected chi connectivity index (χ1v) is 12.4. The molecule has 1 N–H and O–H groups in total. The first-order chi connectivity index (χ1) is 16.6. The van der Waals surface area contributed by atoms with Crippen LogP contribution in [0.2, 0.25) is 0 Å². The van der Waals surface area contributed by atoms with E-state index < -0.39 is 17.7 Å². The Morgan fingerprint density at radius 2 is 1.94 bits per heavy atom. The third-order valence-electron chi connectivity index (χ3n) is 6.68. The van der Waals surface area contributed by atoms with E-state index in [1.807, 2.05) is 50.2 Å². The Bertz CT molecular complexity index is 1150. The molecule has 6 nitrogen and oxygen atoms in total. The molecule has 2 heterocycles. The van der Waals surface area contributed by atoms with Crippen LogP contribution in [0.5, 0.6) is 5.75 Å². The molecule has 2 fully saturated rings. The monoisotopic (exact) mass is 477 g/mol. The summed E-state index contributed by atoms with van der Waals surface area (Å²) in [5, 5.41) is 11.5. The number of nitrogens with zero attached hydrogens (tertiary/aromatic N) is 1. The highest BCUT2D eigenvalue weighted by Gasteiger charge is 2.47. The maximum absolute atomic E-state index is 13.3. The van der Waals surface area contributed by atoms with E-state index in [0.29, 0.717) is 25.3 Å². The minimum atomic E-state index is -0.677. The SMILES string of the molecule is CCOc1ccc(/C(O)=C2/C(=O)C(=O)N(CC3CCCO3)C2c2cccc(C)c2)cc1C(C)(C)C. The highest BCUT2D eigenvalue weighted by atomic mass is 16.5. The van der Waals surface area contributed by atoms with Gasteiger partial charge in [0.25, 0.3) is 11.7 Å². The zero-order valence-electron chi connectivity index (χ0n) is 21.3. The van der Waals surface area contributed by atoms with E-state index in [9.17, 15) is 14.7 Å². The van der Waals surface area contributed by atoms with E-state index in [2.05, 4.69) is 20.8 Å². The number of hydrogen-bond donors (Lipinski definition) is 1. The van der Waals surface area contributed by atoms with Crippen molar-refractivity contribution >= 4 is 17.4 Å². The molecule has 4 rings (SSSR count). The van der Waals surface area contributed by atoms with Gasteiger partial charge in [-0.2, -0.15) is 0 Å². The second kappa shape index (κ2) is 9.86. The van der Waals surface area contributed by atoms with Crippen molar-refractivity contribution in [3.05, 3.63) is 70.3 Å². The van der Waals surface area contributed by atoms with Crippen molar-refractivity contribution in [3.8, 4) is 5.75 Å². The number of likely N-dealkylation sites (tertiary alicyclic amines) is 1. The number of hydrogen-bond acceptors (Lipinski definition) is 5. The molecule has 2 aliphatic heterocycles. The molecule has 2 atom stereocenters. The van der Waals surface area contributed by atoms with Crippen molar-refractivity contribution in [1.29, 1.82) is 0 Å². The summed E-state index contributed by atoms with van der Waals surface area (Å²) in [5.74, 6) is -0.697. The fourth-order valence-electron chi connectivity index (χ4n) is 4.96. The lowest BCUT2D eigenvalue weighted by Crippen LogP contribution is -2.36. The Balaban J connectivity index is 1.86. The lowest BCUT2D eigenvalue weighted by atomic mass is 9.84. The molecule has 186 valence electrons. The van der Waals surface area contributed by atoms with E-state index in [0.717, 1.165) is 35.3 Å². The van der Waals surface area contributed by atoms with Gasteiger partial charge in [-0.3, -0.25) is 9.59 Å². The molecule has 0 spiro atoms. The Morgan fingerprint density at radius 1 is 1.17 bits per heavy atom. The summed E-state index contributed by atoms with van der Waals surface area (Å²) in [7, 11) is 0. The van der Waals surface area contributed by atoms with Crippen LogP contribution in [0.4, 0.5) is 0 Å². The number of carbonyl (C=O) groups excluding carboxylic acids is 2. The van der Waals surface area contributed by atoms with Crippen molar-refractivity contribution in [2.24, 2.45) is 0 Å². The fourth-order valence-corrected chi connectivity index (χ4v) is 4.96. The van der Waals surface area contributed by atoms with Gasteiger partial charge in [-0.25, -0.2) is 0 Å². The molecule has 2 unspecified atom stereocenters. The van der Waals surface area contributed by atoms with Crippen LogP contribution in [-0.4, -0.2) is 47.6 Å². The molecule has 0 aromatic heterocycles. The summed E-state index contributed by atoms with van der Waals surface area (Å²) in [6, 6.07) is 12.5. The molecule has 6 heteroatoms. The Labute approximate surface area is 207 Å². The number of Topliss-reactive ketones (excluding diaryl/α,β-unsaturated/α-hetero) is 1. The van der Waals surface area contributed by atoms with E-state index >= 15 is 0 Å². The lowest BCUT2D eigenvalue weighted by Gasteiger charge is -2.28. The van der Waals surface area contributed by atoms with Crippen molar-refractivity contribution in [1.82, 2.24) is 4.90 Å². The average molecular weight is 478 g/mol. The Hall–Kier alpha value is -3.12. The molecule has 2 saturated heterocycles. The fraction of sp³-hybridized carbons (Fsp3) is 0.448. The number of aliphatic hydroxyl groups is 1. The molecular weight excluding hydrogens is 442 g/mol. The molecular formula is C29H35NO5. The van der Waals surface area contributed by atoms with Gasteiger partial charge in [0.2, 0.25) is 0 Å². The third-order valence-corrected chi connectivity index (χ3v) is 6.68. The molecule has 1 amide bonds. The zero-order valence-corrected chi connectivity index (χ0v) is 21.3. The van der Waals surface area contributed by atoms with Gasteiger partial charge in [0.1, 0.15) is 11.5 Å². The van der Waals surface area contributed by atoms with Crippen LogP contribution < -0.4 is 4.74 Å². The predicted octanol–water partition coefficient (Wildman–Crippen LogP) is 5.29. The smallest absolute Gasteiger partial charge is 0.295 e. The largest absolute Gasteiger partial charge is 0.507 e. The minimum Gasteiger partial charge on any atom is -0.507 e. The Kier molecular flexibility index (Phi) is 7.04. The standard InChI is InChI=1S/C29H35NO5/c1-6-34-23-13-12-20(16-22(23)29(3,4)5)26(31)24-25(19-10-7-9-18(2)15-19)30(28(33)27(24)32)17-21-11-8-14-35-21/h7,9-10,12-13,15-16,21,25,31H,6,8,11,14,17H2,1-5H3/b26-24-. The number of ketones is 1.